The number of nitrogens with one attached hydrogen (secondary N) is 1. The summed E-state index contributed by atoms with van der Waals surface area (Å²) in [4.78, 5) is 37.2. The average Bonchev–Trinajstić information content (AvgIpc) is 3.35. The minimum absolute atomic E-state index is 0.0181. The van der Waals surface area contributed by atoms with Crippen LogP contribution in [0.25, 0.3) is 16.6 Å². The first-order valence-electron chi connectivity index (χ1n) is 13.7. The van der Waals surface area contributed by atoms with Crippen molar-refractivity contribution in [3.63, 3.8) is 0 Å². The molecule has 0 saturated carbocycles. The molecule has 1 aromatic heterocycles. The highest BCUT2D eigenvalue weighted by molar-refractivity contribution is 6.31. The van der Waals surface area contributed by atoms with E-state index in [2.05, 4.69) is 12.2 Å². The van der Waals surface area contributed by atoms with Crippen molar-refractivity contribution >= 4 is 40.2 Å². The normalized spacial score (nSPS) is 13.1. The van der Waals surface area contributed by atoms with E-state index in [1.807, 2.05) is 59.2 Å². The number of Topliss-reactive ketones (excluding diaryl/α,β-unsaturated/α-hetero) is 1. The van der Waals surface area contributed by atoms with Crippen LogP contribution in [0.5, 0.6) is 11.5 Å². The number of aliphatic carboxylic acids is 1. The van der Waals surface area contributed by atoms with Crippen molar-refractivity contribution in [1.29, 1.82) is 0 Å². The number of nitrogens with zero attached hydrogens (tertiary/aromatic N) is 1. The van der Waals surface area contributed by atoms with Crippen LogP contribution in [-0.2, 0) is 11.2 Å². The first-order valence-corrected chi connectivity index (χ1v) is 14.1. The fourth-order valence-corrected chi connectivity index (χ4v) is 5.34. The number of hydrogen-bond acceptors (Lipinski definition) is 5. The highest BCUT2D eigenvalue weighted by Crippen LogP contribution is 2.36. The minimum atomic E-state index is -0.969. The van der Waals surface area contributed by atoms with E-state index in [4.69, 9.17) is 26.2 Å². The SMILES string of the molecule is CCCC(Cc1ccc(C(=O)NCCC(=O)O)cc1)C(=O)c1cc2cc(Cl)ccc2n1-c1ccc2c(c1)OCCO2. The van der Waals surface area contributed by atoms with Crippen LogP contribution in [0.1, 0.15) is 52.6 Å². The average molecular weight is 575 g/mol. The van der Waals surface area contributed by atoms with Crippen molar-refractivity contribution in [2.24, 2.45) is 5.92 Å². The Bertz CT molecular complexity index is 1590. The zero-order valence-corrected chi connectivity index (χ0v) is 23.4. The van der Waals surface area contributed by atoms with Gasteiger partial charge < -0.3 is 24.5 Å². The van der Waals surface area contributed by atoms with E-state index < -0.39 is 5.97 Å². The number of carboxylic acid groups (broad SMARTS) is 1. The fraction of sp³-hybridized carbons (Fsp3) is 0.281. The van der Waals surface area contributed by atoms with Gasteiger partial charge in [-0.2, -0.15) is 0 Å². The number of amides is 1. The molecular formula is C32H31ClN2O6. The van der Waals surface area contributed by atoms with Gasteiger partial charge in [0, 0.05) is 34.5 Å². The lowest BCUT2D eigenvalue weighted by Gasteiger charge is -2.21. The lowest BCUT2D eigenvalue weighted by Crippen LogP contribution is -2.26. The first kappa shape index (κ1) is 28.2. The second-order valence-corrected chi connectivity index (χ2v) is 10.5. The summed E-state index contributed by atoms with van der Waals surface area (Å²) in [6, 6.07) is 20.3. The lowest BCUT2D eigenvalue weighted by molar-refractivity contribution is -0.136. The molecule has 0 radical (unpaired) electrons. The van der Waals surface area contributed by atoms with E-state index in [1.54, 1.807) is 12.1 Å². The van der Waals surface area contributed by atoms with Gasteiger partial charge in [0.25, 0.3) is 5.91 Å². The third-order valence-corrected chi connectivity index (χ3v) is 7.37. The largest absolute Gasteiger partial charge is 0.486 e. The Morgan fingerprint density at radius 2 is 1.73 bits per heavy atom. The molecule has 8 nitrogen and oxygen atoms in total. The summed E-state index contributed by atoms with van der Waals surface area (Å²) >= 11 is 6.31. The van der Waals surface area contributed by atoms with Crippen molar-refractivity contribution in [1.82, 2.24) is 9.88 Å². The van der Waals surface area contributed by atoms with Crippen LogP contribution in [0.4, 0.5) is 0 Å². The summed E-state index contributed by atoms with van der Waals surface area (Å²) in [7, 11) is 0. The molecule has 2 N–H and O–H groups in total. The Morgan fingerprint density at radius 3 is 2.46 bits per heavy atom. The molecule has 2 heterocycles. The van der Waals surface area contributed by atoms with Gasteiger partial charge in [-0.1, -0.05) is 37.1 Å². The Hall–Kier alpha value is -4.30. The van der Waals surface area contributed by atoms with Crippen molar-refractivity contribution in [3.8, 4) is 17.2 Å². The Morgan fingerprint density at radius 1 is 0.976 bits per heavy atom. The van der Waals surface area contributed by atoms with Crippen molar-refractivity contribution in [3.05, 3.63) is 88.6 Å². The molecule has 0 aliphatic carbocycles. The molecule has 3 aromatic carbocycles. The van der Waals surface area contributed by atoms with Crippen molar-refractivity contribution in [2.75, 3.05) is 19.8 Å². The van der Waals surface area contributed by atoms with Gasteiger partial charge in [0.15, 0.2) is 17.3 Å². The van der Waals surface area contributed by atoms with E-state index in [0.29, 0.717) is 53.8 Å². The van der Waals surface area contributed by atoms with Gasteiger partial charge >= 0.3 is 5.97 Å². The van der Waals surface area contributed by atoms with E-state index in [9.17, 15) is 14.4 Å². The predicted octanol–water partition coefficient (Wildman–Crippen LogP) is 6.10. The molecule has 1 amide bonds. The van der Waals surface area contributed by atoms with Crippen LogP contribution in [0, 0.1) is 5.92 Å². The van der Waals surface area contributed by atoms with Gasteiger partial charge in [-0.3, -0.25) is 14.4 Å². The van der Waals surface area contributed by atoms with Gasteiger partial charge in [-0.15, -0.1) is 0 Å². The molecule has 4 aromatic rings. The summed E-state index contributed by atoms with van der Waals surface area (Å²) in [6.45, 7) is 3.08. The maximum absolute atomic E-state index is 14.2. The summed E-state index contributed by atoms with van der Waals surface area (Å²) in [5.74, 6) is -0.254. The Balaban J connectivity index is 1.44. The number of aromatic nitrogens is 1. The number of halogens is 1. The summed E-state index contributed by atoms with van der Waals surface area (Å²) in [5.41, 5.74) is 3.59. The molecule has 9 heteroatoms. The van der Waals surface area contributed by atoms with Crippen LogP contribution in [0.15, 0.2) is 66.7 Å². The third kappa shape index (κ3) is 6.38. The summed E-state index contributed by atoms with van der Waals surface area (Å²) < 4.78 is 13.5. The third-order valence-electron chi connectivity index (χ3n) is 7.13. The number of ether oxygens (including phenoxy) is 2. The van der Waals surface area contributed by atoms with E-state index in [1.165, 1.54) is 0 Å². The smallest absolute Gasteiger partial charge is 0.305 e. The summed E-state index contributed by atoms with van der Waals surface area (Å²) in [6.07, 6.45) is 1.90. The molecule has 0 bridgehead atoms. The maximum atomic E-state index is 14.2. The predicted molar refractivity (Wildman–Crippen MR) is 157 cm³/mol. The zero-order valence-electron chi connectivity index (χ0n) is 22.7. The standard InChI is InChI=1S/C32H31ClN2O6/c1-2-3-22(16-20-4-6-21(7-5-20)32(39)34-13-12-30(36)37)31(38)27-18-23-17-24(33)8-10-26(23)35(27)25-9-11-28-29(19-25)41-15-14-40-28/h4-11,17-19,22H,2-3,12-16H2,1H3,(H,34,39)(H,36,37). The molecule has 1 unspecified atom stereocenters. The molecule has 212 valence electrons. The monoisotopic (exact) mass is 574 g/mol. The molecule has 1 aliphatic heterocycles. The van der Waals surface area contributed by atoms with Crippen LogP contribution in [0.3, 0.4) is 0 Å². The van der Waals surface area contributed by atoms with Crippen LogP contribution >= 0.6 is 11.6 Å². The second kappa shape index (κ2) is 12.5. The van der Waals surface area contributed by atoms with Crippen LogP contribution in [0.2, 0.25) is 5.02 Å². The number of carbonyl (C=O) groups is 3. The molecule has 0 saturated heterocycles. The molecule has 5 rings (SSSR count). The molecule has 41 heavy (non-hydrogen) atoms. The van der Waals surface area contributed by atoms with Crippen LogP contribution < -0.4 is 14.8 Å². The number of benzene rings is 3. The Labute approximate surface area is 242 Å². The number of fused-ring (bicyclic) bond motifs is 2. The quantitative estimate of drug-likeness (QED) is 0.210. The molecule has 0 spiro atoms. The minimum Gasteiger partial charge on any atom is -0.486 e. The molecule has 1 aliphatic rings. The topological polar surface area (TPSA) is 107 Å². The van der Waals surface area contributed by atoms with E-state index >= 15 is 0 Å². The number of carbonyl (C=O) groups excluding carboxylic acids is 2. The summed E-state index contributed by atoms with van der Waals surface area (Å²) in [5, 5.41) is 12.8. The van der Waals surface area contributed by atoms with E-state index in [-0.39, 0.29) is 30.6 Å². The highest BCUT2D eigenvalue weighted by atomic mass is 35.5. The van der Waals surface area contributed by atoms with E-state index in [0.717, 1.165) is 28.6 Å². The van der Waals surface area contributed by atoms with Crippen molar-refractivity contribution < 1.29 is 29.0 Å². The highest BCUT2D eigenvalue weighted by Gasteiger charge is 2.26. The first-order chi connectivity index (χ1) is 19.8. The number of hydrogen-bond donors (Lipinski definition) is 2. The number of ketones is 1. The maximum Gasteiger partial charge on any atom is 0.305 e. The molecule has 1 atom stereocenters. The van der Waals surface area contributed by atoms with Gasteiger partial charge in [-0.05, 0) is 66.9 Å². The lowest BCUT2D eigenvalue weighted by atomic mass is 9.89. The fourth-order valence-electron chi connectivity index (χ4n) is 5.16. The molecule has 0 fully saturated rings. The van der Waals surface area contributed by atoms with Gasteiger partial charge in [-0.25, -0.2) is 0 Å². The number of carboxylic acids is 1. The van der Waals surface area contributed by atoms with Gasteiger partial charge in [0.05, 0.1) is 23.3 Å². The van der Waals surface area contributed by atoms with Crippen LogP contribution in [-0.4, -0.2) is 47.1 Å². The molecular weight excluding hydrogens is 544 g/mol. The zero-order chi connectivity index (χ0) is 28.9. The number of rotatable bonds is 11. The van der Waals surface area contributed by atoms with Crippen molar-refractivity contribution in [2.45, 2.75) is 32.6 Å². The van der Waals surface area contributed by atoms with Gasteiger partial charge in [0.1, 0.15) is 13.2 Å². The Kier molecular flexibility index (Phi) is 8.59. The van der Waals surface area contributed by atoms with Gasteiger partial charge in [0.2, 0.25) is 0 Å². The second-order valence-electron chi connectivity index (χ2n) is 10.0.